The van der Waals surface area contributed by atoms with Gasteiger partial charge in [0.05, 0.1) is 10.0 Å². The van der Waals surface area contributed by atoms with Gasteiger partial charge in [0.1, 0.15) is 12.4 Å². The summed E-state index contributed by atoms with van der Waals surface area (Å²) in [4.78, 5) is 16.3. The zero-order valence-electron chi connectivity index (χ0n) is 13.9. The summed E-state index contributed by atoms with van der Waals surface area (Å²) in [5.74, 6) is 0.310. The smallest absolute Gasteiger partial charge is 0.324 e. The number of hydrogen-bond donors (Lipinski definition) is 2. The second kappa shape index (κ2) is 8.70. The Balaban J connectivity index is 1.65. The van der Waals surface area contributed by atoms with Gasteiger partial charge in [-0.3, -0.25) is 5.32 Å². The molecule has 0 radical (unpaired) electrons. The van der Waals surface area contributed by atoms with E-state index < -0.39 is 6.03 Å². The molecule has 1 aromatic heterocycles. The minimum absolute atomic E-state index is 0.203. The third-order valence-corrected chi connectivity index (χ3v) is 4.23. The van der Waals surface area contributed by atoms with Crippen LogP contribution in [0.3, 0.4) is 0 Å². The number of carbonyl (C=O) groups is 1. The van der Waals surface area contributed by atoms with Crippen LogP contribution in [-0.2, 0) is 6.61 Å². The van der Waals surface area contributed by atoms with Crippen molar-refractivity contribution in [2.75, 3.05) is 10.6 Å². The minimum atomic E-state index is -0.515. The lowest BCUT2D eigenvalue weighted by molar-refractivity contribution is 0.261. The number of anilines is 2. The molecule has 0 bridgehead atoms. The van der Waals surface area contributed by atoms with E-state index in [1.54, 1.807) is 36.4 Å². The van der Waals surface area contributed by atoms with Gasteiger partial charge in [-0.05, 0) is 48.0 Å². The van der Waals surface area contributed by atoms with E-state index in [1.807, 2.05) is 0 Å². The molecule has 0 aliphatic carbocycles. The predicted octanol–water partition coefficient (Wildman–Crippen LogP) is 5.75. The summed E-state index contributed by atoms with van der Waals surface area (Å²) in [6.07, 6.45) is 1.53. The van der Waals surface area contributed by atoms with Crippen LogP contribution in [0, 0.1) is 5.82 Å². The zero-order chi connectivity index (χ0) is 19.2. The number of rotatable bonds is 5. The highest BCUT2D eigenvalue weighted by Crippen LogP contribution is 2.26. The number of amides is 2. The highest BCUT2D eigenvalue weighted by molar-refractivity contribution is 6.42. The molecule has 0 unspecified atom stereocenters. The fourth-order valence-corrected chi connectivity index (χ4v) is 2.48. The minimum Gasteiger partial charge on any atom is -0.485 e. The number of benzene rings is 2. The van der Waals surface area contributed by atoms with E-state index >= 15 is 0 Å². The maximum atomic E-state index is 13.0. The maximum Gasteiger partial charge on any atom is 0.324 e. The maximum absolute atomic E-state index is 13.0. The first-order chi connectivity index (χ1) is 13.0. The lowest BCUT2D eigenvalue weighted by Gasteiger charge is -2.12. The van der Waals surface area contributed by atoms with Gasteiger partial charge in [0.15, 0.2) is 11.6 Å². The standard InChI is InChI=1S/C19H14Cl2FN3O2/c20-15-8-7-14(10-16(15)21)24-19(26)25-18-17(2-1-9-23-18)27-11-12-3-5-13(22)6-4-12/h1-10H,11H2,(H2,23,24,25,26). The summed E-state index contributed by atoms with van der Waals surface area (Å²) < 4.78 is 18.6. The van der Waals surface area contributed by atoms with Crippen LogP contribution < -0.4 is 15.4 Å². The third-order valence-electron chi connectivity index (χ3n) is 3.49. The van der Waals surface area contributed by atoms with Gasteiger partial charge in [-0.1, -0.05) is 35.3 Å². The SMILES string of the molecule is O=C(Nc1ccc(Cl)c(Cl)c1)Nc1ncccc1OCc1ccc(F)cc1. The molecule has 138 valence electrons. The normalized spacial score (nSPS) is 10.3. The van der Waals surface area contributed by atoms with Crippen LogP contribution in [0.5, 0.6) is 5.75 Å². The van der Waals surface area contributed by atoms with E-state index in [1.165, 1.54) is 24.4 Å². The Morgan fingerprint density at radius 1 is 1.04 bits per heavy atom. The van der Waals surface area contributed by atoms with Gasteiger partial charge in [-0.25, -0.2) is 14.2 Å². The van der Waals surface area contributed by atoms with Crippen molar-refractivity contribution in [2.24, 2.45) is 0 Å². The number of urea groups is 1. The van der Waals surface area contributed by atoms with Crippen LogP contribution in [0.1, 0.15) is 5.56 Å². The van der Waals surface area contributed by atoms with Crippen LogP contribution in [-0.4, -0.2) is 11.0 Å². The molecule has 8 heteroatoms. The van der Waals surface area contributed by atoms with Crippen LogP contribution in [0.4, 0.5) is 20.7 Å². The summed E-state index contributed by atoms with van der Waals surface area (Å²) in [7, 11) is 0. The van der Waals surface area contributed by atoms with Gasteiger partial charge >= 0.3 is 6.03 Å². The summed E-state index contributed by atoms with van der Waals surface area (Å²) in [6, 6.07) is 13.5. The summed E-state index contributed by atoms with van der Waals surface area (Å²) in [5.41, 5.74) is 1.26. The summed E-state index contributed by atoms with van der Waals surface area (Å²) in [5, 5.41) is 5.97. The van der Waals surface area contributed by atoms with Crippen LogP contribution in [0.25, 0.3) is 0 Å². The second-order valence-corrected chi connectivity index (χ2v) is 6.29. The van der Waals surface area contributed by atoms with Crippen molar-refractivity contribution in [1.29, 1.82) is 0 Å². The van der Waals surface area contributed by atoms with Crippen molar-refractivity contribution in [3.05, 3.63) is 82.2 Å². The van der Waals surface area contributed by atoms with Crippen LogP contribution >= 0.6 is 23.2 Å². The quantitative estimate of drug-likeness (QED) is 0.567. The Hall–Kier alpha value is -2.83. The lowest BCUT2D eigenvalue weighted by atomic mass is 10.2. The van der Waals surface area contributed by atoms with E-state index in [0.29, 0.717) is 21.5 Å². The van der Waals surface area contributed by atoms with Gasteiger partial charge in [-0.2, -0.15) is 0 Å². The molecule has 0 atom stereocenters. The number of hydrogen-bond acceptors (Lipinski definition) is 3. The topological polar surface area (TPSA) is 63.2 Å². The Morgan fingerprint density at radius 3 is 2.56 bits per heavy atom. The molecule has 0 spiro atoms. The molecular weight excluding hydrogens is 392 g/mol. The average Bonchev–Trinajstić information content (AvgIpc) is 2.65. The fraction of sp³-hybridized carbons (Fsp3) is 0.0526. The predicted molar refractivity (Wildman–Crippen MR) is 104 cm³/mol. The molecule has 3 aromatic rings. The molecule has 2 aromatic carbocycles. The number of nitrogens with zero attached hydrogens (tertiary/aromatic N) is 1. The third kappa shape index (κ3) is 5.32. The van der Waals surface area contributed by atoms with Gasteiger partial charge < -0.3 is 10.1 Å². The van der Waals surface area contributed by atoms with E-state index in [4.69, 9.17) is 27.9 Å². The van der Waals surface area contributed by atoms with Crippen molar-refractivity contribution < 1.29 is 13.9 Å². The zero-order valence-corrected chi connectivity index (χ0v) is 15.4. The van der Waals surface area contributed by atoms with Crippen molar-refractivity contribution in [3.8, 4) is 5.75 Å². The number of aromatic nitrogens is 1. The molecule has 1 heterocycles. The number of pyridine rings is 1. The van der Waals surface area contributed by atoms with Gasteiger partial charge in [0, 0.05) is 11.9 Å². The molecule has 5 nitrogen and oxygen atoms in total. The fourth-order valence-electron chi connectivity index (χ4n) is 2.19. The van der Waals surface area contributed by atoms with E-state index in [9.17, 15) is 9.18 Å². The molecule has 0 aliphatic heterocycles. The second-order valence-electron chi connectivity index (χ2n) is 5.47. The first-order valence-electron chi connectivity index (χ1n) is 7.86. The first-order valence-corrected chi connectivity index (χ1v) is 8.62. The summed E-state index contributed by atoms with van der Waals surface area (Å²) >= 11 is 11.8. The molecule has 2 amide bonds. The molecular formula is C19H14Cl2FN3O2. The molecule has 0 saturated carbocycles. The van der Waals surface area contributed by atoms with E-state index in [0.717, 1.165) is 5.56 Å². The van der Waals surface area contributed by atoms with Crippen molar-refractivity contribution in [3.63, 3.8) is 0 Å². The van der Waals surface area contributed by atoms with Gasteiger partial charge in [-0.15, -0.1) is 0 Å². The molecule has 27 heavy (non-hydrogen) atoms. The molecule has 3 rings (SSSR count). The van der Waals surface area contributed by atoms with Crippen LogP contribution in [0.15, 0.2) is 60.8 Å². The number of ether oxygens (including phenoxy) is 1. The Bertz CT molecular complexity index is 952. The van der Waals surface area contributed by atoms with E-state index in [-0.39, 0.29) is 18.2 Å². The highest BCUT2D eigenvalue weighted by atomic mass is 35.5. The van der Waals surface area contributed by atoms with Gasteiger partial charge in [0.2, 0.25) is 0 Å². The molecule has 0 fully saturated rings. The highest BCUT2D eigenvalue weighted by Gasteiger charge is 2.10. The van der Waals surface area contributed by atoms with E-state index in [2.05, 4.69) is 15.6 Å². The molecule has 2 N–H and O–H groups in total. The number of carbonyl (C=O) groups excluding carboxylic acids is 1. The Morgan fingerprint density at radius 2 is 1.81 bits per heavy atom. The van der Waals surface area contributed by atoms with Gasteiger partial charge in [0.25, 0.3) is 0 Å². The lowest BCUT2D eigenvalue weighted by Crippen LogP contribution is -2.20. The monoisotopic (exact) mass is 405 g/mol. The summed E-state index contributed by atoms with van der Waals surface area (Å²) in [6.45, 7) is 0.203. The first kappa shape index (κ1) is 18.9. The largest absolute Gasteiger partial charge is 0.485 e. The molecule has 0 aliphatic rings. The number of halogens is 3. The average molecular weight is 406 g/mol. The number of nitrogens with one attached hydrogen (secondary N) is 2. The Labute approximate surface area is 165 Å². The van der Waals surface area contributed by atoms with Crippen molar-refractivity contribution in [1.82, 2.24) is 4.98 Å². The van der Waals surface area contributed by atoms with Crippen molar-refractivity contribution in [2.45, 2.75) is 6.61 Å². The van der Waals surface area contributed by atoms with Crippen LogP contribution in [0.2, 0.25) is 10.0 Å². The molecule has 0 saturated heterocycles. The van der Waals surface area contributed by atoms with Crippen molar-refractivity contribution >= 4 is 40.7 Å². The Kier molecular flexibility index (Phi) is 6.11.